The molecule has 112 valence electrons. The molecule has 0 aliphatic carbocycles. The number of hydrogen-bond donors (Lipinski definition) is 0. The maximum Gasteiger partial charge on any atom is 0.157 e. The molecule has 2 aromatic heterocycles. The van der Waals surface area contributed by atoms with Crippen molar-refractivity contribution in [2.75, 3.05) is 42.6 Å². The fraction of sp³-hybridized carbons (Fsp3) is 0.600. The van der Waals surface area contributed by atoms with Crippen LogP contribution in [0.15, 0.2) is 24.5 Å². The van der Waals surface area contributed by atoms with Crippen LogP contribution in [0.4, 0.5) is 5.82 Å². The number of fused-ring (bicyclic) bond motifs is 1. The van der Waals surface area contributed by atoms with Crippen LogP contribution >= 0.6 is 11.8 Å². The van der Waals surface area contributed by atoms with Crippen LogP contribution in [-0.4, -0.2) is 63.2 Å². The van der Waals surface area contributed by atoms with Crippen molar-refractivity contribution < 1.29 is 0 Å². The molecule has 4 rings (SSSR count). The van der Waals surface area contributed by atoms with Gasteiger partial charge in [0, 0.05) is 56.0 Å². The van der Waals surface area contributed by atoms with Crippen molar-refractivity contribution in [3.63, 3.8) is 0 Å². The van der Waals surface area contributed by atoms with Crippen molar-refractivity contribution in [1.82, 2.24) is 19.5 Å². The van der Waals surface area contributed by atoms with Gasteiger partial charge in [0.15, 0.2) is 5.65 Å². The van der Waals surface area contributed by atoms with Gasteiger partial charge in [0.2, 0.25) is 0 Å². The number of nitrogens with zero attached hydrogens (tertiary/aromatic N) is 5. The average Bonchev–Trinajstić information content (AvgIpc) is 3.03. The van der Waals surface area contributed by atoms with Gasteiger partial charge in [-0.1, -0.05) is 0 Å². The highest BCUT2D eigenvalue weighted by molar-refractivity contribution is 7.99. The van der Waals surface area contributed by atoms with E-state index in [1.165, 1.54) is 37.4 Å². The fourth-order valence-corrected chi connectivity index (χ4v) is 4.31. The van der Waals surface area contributed by atoms with Gasteiger partial charge in [-0.05, 0) is 18.9 Å². The van der Waals surface area contributed by atoms with Crippen LogP contribution in [0.25, 0.3) is 5.65 Å². The third-order valence-corrected chi connectivity index (χ3v) is 5.54. The second kappa shape index (κ2) is 5.85. The summed E-state index contributed by atoms with van der Waals surface area (Å²) < 4.78 is 1.82. The Bertz CT molecular complexity index is 599. The molecule has 0 atom stereocenters. The molecule has 21 heavy (non-hydrogen) atoms. The van der Waals surface area contributed by atoms with Crippen molar-refractivity contribution in [3.8, 4) is 0 Å². The molecule has 2 aliphatic rings. The first-order valence-corrected chi connectivity index (χ1v) is 8.93. The van der Waals surface area contributed by atoms with E-state index in [9.17, 15) is 0 Å². The van der Waals surface area contributed by atoms with Crippen LogP contribution in [0.3, 0.4) is 0 Å². The fourth-order valence-electron chi connectivity index (χ4n) is 3.38. The normalized spacial score (nSPS) is 22.0. The molecule has 6 heteroatoms. The first-order valence-electron chi connectivity index (χ1n) is 7.77. The lowest BCUT2D eigenvalue weighted by atomic mass is 10.0. The van der Waals surface area contributed by atoms with Gasteiger partial charge in [-0.2, -0.15) is 16.9 Å². The number of aromatic nitrogens is 3. The lowest BCUT2D eigenvalue weighted by Crippen LogP contribution is -2.48. The first-order chi connectivity index (χ1) is 10.4. The average molecular weight is 303 g/mol. The lowest BCUT2D eigenvalue weighted by Gasteiger charge is -2.40. The molecule has 0 bridgehead atoms. The zero-order valence-electron chi connectivity index (χ0n) is 12.2. The second-order valence-corrected chi connectivity index (χ2v) is 7.01. The molecule has 0 radical (unpaired) electrons. The van der Waals surface area contributed by atoms with E-state index in [2.05, 4.69) is 32.7 Å². The molecule has 0 spiro atoms. The zero-order valence-corrected chi connectivity index (χ0v) is 13.0. The van der Waals surface area contributed by atoms with Crippen LogP contribution in [0.5, 0.6) is 0 Å². The molecule has 2 fully saturated rings. The maximum absolute atomic E-state index is 4.71. The molecule has 4 heterocycles. The molecule has 2 saturated heterocycles. The Balaban J connectivity index is 1.42. The number of thioether (sulfide) groups is 1. The first kappa shape index (κ1) is 13.4. The van der Waals surface area contributed by atoms with Crippen molar-refractivity contribution >= 4 is 23.2 Å². The highest BCUT2D eigenvalue weighted by atomic mass is 32.2. The molecular weight excluding hydrogens is 282 g/mol. The third kappa shape index (κ3) is 2.74. The largest absolute Gasteiger partial charge is 0.356 e. The lowest BCUT2D eigenvalue weighted by molar-refractivity contribution is 0.185. The van der Waals surface area contributed by atoms with E-state index < -0.39 is 0 Å². The summed E-state index contributed by atoms with van der Waals surface area (Å²) in [5.74, 6) is 3.70. The zero-order chi connectivity index (χ0) is 14.1. The third-order valence-electron chi connectivity index (χ3n) is 4.59. The van der Waals surface area contributed by atoms with E-state index >= 15 is 0 Å². The Morgan fingerprint density at radius 3 is 2.67 bits per heavy atom. The van der Waals surface area contributed by atoms with Gasteiger partial charge in [0.1, 0.15) is 5.82 Å². The Kier molecular flexibility index (Phi) is 3.73. The van der Waals surface area contributed by atoms with Gasteiger partial charge in [-0.15, -0.1) is 0 Å². The summed E-state index contributed by atoms with van der Waals surface area (Å²) in [6.07, 6.45) is 6.33. The van der Waals surface area contributed by atoms with Gasteiger partial charge in [0.05, 0.1) is 6.20 Å². The van der Waals surface area contributed by atoms with Crippen LogP contribution in [0.1, 0.15) is 12.8 Å². The van der Waals surface area contributed by atoms with Crippen molar-refractivity contribution in [2.24, 2.45) is 0 Å². The molecule has 0 N–H and O–H groups in total. The number of piperidine rings is 1. The predicted molar refractivity (Wildman–Crippen MR) is 87.1 cm³/mol. The molecular formula is C15H21N5S. The van der Waals surface area contributed by atoms with Crippen LogP contribution in [0, 0.1) is 0 Å². The SMILES string of the molecule is c1cc2nc(N3CCC(N4CCSCC4)CC3)ccn2n1. The molecule has 0 aromatic carbocycles. The van der Waals surface area contributed by atoms with Gasteiger partial charge in [0.25, 0.3) is 0 Å². The molecule has 0 amide bonds. The number of anilines is 1. The van der Waals surface area contributed by atoms with Gasteiger partial charge < -0.3 is 4.90 Å². The van der Waals surface area contributed by atoms with E-state index in [-0.39, 0.29) is 0 Å². The Hall–Kier alpha value is -1.27. The maximum atomic E-state index is 4.71. The van der Waals surface area contributed by atoms with E-state index in [0.29, 0.717) is 0 Å². The predicted octanol–water partition coefficient (Wildman–Crippen LogP) is 1.75. The molecule has 0 saturated carbocycles. The quantitative estimate of drug-likeness (QED) is 0.845. The van der Waals surface area contributed by atoms with Crippen LogP contribution < -0.4 is 4.90 Å². The summed E-state index contributed by atoms with van der Waals surface area (Å²) in [6.45, 7) is 4.78. The summed E-state index contributed by atoms with van der Waals surface area (Å²) in [5, 5.41) is 4.21. The van der Waals surface area contributed by atoms with Crippen molar-refractivity contribution in [2.45, 2.75) is 18.9 Å². The molecule has 2 aliphatic heterocycles. The highest BCUT2D eigenvalue weighted by Gasteiger charge is 2.26. The minimum Gasteiger partial charge on any atom is -0.356 e. The monoisotopic (exact) mass is 303 g/mol. The van der Waals surface area contributed by atoms with E-state index in [4.69, 9.17) is 4.98 Å². The molecule has 5 nitrogen and oxygen atoms in total. The summed E-state index contributed by atoms with van der Waals surface area (Å²) >= 11 is 2.09. The summed E-state index contributed by atoms with van der Waals surface area (Å²) in [5.41, 5.74) is 0.933. The van der Waals surface area contributed by atoms with Crippen LogP contribution in [-0.2, 0) is 0 Å². The molecule has 0 unspecified atom stereocenters. The van der Waals surface area contributed by atoms with E-state index in [0.717, 1.165) is 30.6 Å². The summed E-state index contributed by atoms with van der Waals surface area (Å²) in [7, 11) is 0. The minimum absolute atomic E-state index is 0.779. The highest BCUT2D eigenvalue weighted by Crippen LogP contribution is 2.23. The van der Waals surface area contributed by atoms with Gasteiger partial charge in [-0.25, -0.2) is 9.50 Å². The van der Waals surface area contributed by atoms with E-state index in [1.807, 2.05) is 16.8 Å². The second-order valence-electron chi connectivity index (χ2n) is 5.79. The van der Waals surface area contributed by atoms with Crippen molar-refractivity contribution in [3.05, 3.63) is 24.5 Å². The Morgan fingerprint density at radius 1 is 1.05 bits per heavy atom. The topological polar surface area (TPSA) is 36.7 Å². The number of hydrogen-bond acceptors (Lipinski definition) is 5. The van der Waals surface area contributed by atoms with E-state index in [1.54, 1.807) is 6.20 Å². The summed E-state index contributed by atoms with van der Waals surface area (Å²) in [6, 6.07) is 4.82. The Labute approximate surface area is 129 Å². The number of rotatable bonds is 2. The smallest absolute Gasteiger partial charge is 0.157 e. The van der Waals surface area contributed by atoms with Gasteiger partial charge >= 0.3 is 0 Å². The van der Waals surface area contributed by atoms with Crippen molar-refractivity contribution in [1.29, 1.82) is 0 Å². The molecule has 2 aromatic rings. The minimum atomic E-state index is 0.779. The van der Waals surface area contributed by atoms with Crippen LogP contribution in [0.2, 0.25) is 0 Å². The standard InChI is InChI=1S/C15H21N5S/c1-5-16-20-8-4-14(17-15(1)20)19-6-2-13(3-7-19)18-9-11-21-12-10-18/h1,4-5,8,13H,2-3,6-7,9-12H2. The Morgan fingerprint density at radius 2 is 1.86 bits per heavy atom. The summed E-state index contributed by atoms with van der Waals surface area (Å²) in [4.78, 5) is 9.82. The van der Waals surface area contributed by atoms with Gasteiger partial charge in [-0.3, -0.25) is 4.90 Å².